The van der Waals surface area contributed by atoms with Gasteiger partial charge in [0.2, 0.25) is 0 Å². The van der Waals surface area contributed by atoms with Crippen molar-refractivity contribution in [2.75, 3.05) is 0 Å². The lowest BCUT2D eigenvalue weighted by Gasteiger charge is -2.36. The second-order valence-corrected chi connectivity index (χ2v) is 7.79. The normalized spacial score (nSPS) is 21.7. The van der Waals surface area contributed by atoms with E-state index in [1.54, 1.807) is 12.1 Å². The zero-order valence-electron chi connectivity index (χ0n) is 15.7. The van der Waals surface area contributed by atoms with Crippen LogP contribution >= 0.6 is 0 Å². The molecule has 0 aliphatic heterocycles. The monoisotopic (exact) mass is 356 g/mol. The molecular formula is C25H24O2. The summed E-state index contributed by atoms with van der Waals surface area (Å²) in [4.78, 5) is 0. The first-order chi connectivity index (χ1) is 12.9. The second kappa shape index (κ2) is 6.40. The fourth-order valence-electron chi connectivity index (χ4n) is 3.89. The largest absolute Gasteiger partial charge is 0.508 e. The van der Waals surface area contributed by atoms with Gasteiger partial charge < -0.3 is 10.2 Å². The molecule has 2 N–H and O–H groups in total. The van der Waals surface area contributed by atoms with Gasteiger partial charge in [0.05, 0.1) is 5.60 Å². The molecule has 4 rings (SSSR count). The van der Waals surface area contributed by atoms with Crippen LogP contribution in [0.2, 0.25) is 0 Å². The van der Waals surface area contributed by atoms with Crippen LogP contribution in [0.4, 0.5) is 0 Å². The highest BCUT2D eigenvalue weighted by atomic mass is 16.3. The van der Waals surface area contributed by atoms with Crippen LogP contribution < -0.4 is 0 Å². The molecule has 2 heteroatoms. The lowest BCUT2D eigenvalue weighted by Crippen LogP contribution is -2.30. The first-order valence-corrected chi connectivity index (χ1v) is 9.30. The summed E-state index contributed by atoms with van der Waals surface area (Å²) >= 11 is 0. The van der Waals surface area contributed by atoms with Crippen molar-refractivity contribution in [3.8, 4) is 5.75 Å². The summed E-state index contributed by atoms with van der Waals surface area (Å²) in [6.07, 6.45) is 6.62. The van der Waals surface area contributed by atoms with Crippen molar-refractivity contribution >= 4 is 10.8 Å². The Morgan fingerprint density at radius 3 is 2.22 bits per heavy atom. The Hall–Kier alpha value is -2.84. The van der Waals surface area contributed by atoms with Gasteiger partial charge in [-0.2, -0.15) is 0 Å². The first-order valence-electron chi connectivity index (χ1n) is 9.30. The van der Waals surface area contributed by atoms with E-state index in [1.807, 2.05) is 31.2 Å². The van der Waals surface area contributed by atoms with Crippen LogP contribution in [0.5, 0.6) is 5.75 Å². The third-order valence-corrected chi connectivity index (χ3v) is 5.71. The number of allylic oxidation sites excluding steroid dienone is 2. The Labute approximate surface area is 160 Å². The van der Waals surface area contributed by atoms with Gasteiger partial charge in [-0.25, -0.2) is 0 Å². The number of aliphatic hydroxyl groups is 1. The van der Waals surface area contributed by atoms with E-state index in [0.29, 0.717) is 6.42 Å². The van der Waals surface area contributed by atoms with E-state index in [9.17, 15) is 10.2 Å². The van der Waals surface area contributed by atoms with Gasteiger partial charge >= 0.3 is 0 Å². The van der Waals surface area contributed by atoms with Gasteiger partial charge in [0.1, 0.15) is 5.75 Å². The van der Waals surface area contributed by atoms with Crippen LogP contribution in [-0.2, 0) is 5.41 Å². The van der Waals surface area contributed by atoms with E-state index >= 15 is 0 Å². The predicted molar refractivity (Wildman–Crippen MR) is 111 cm³/mol. The molecule has 136 valence electrons. The van der Waals surface area contributed by atoms with Crippen molar-refractivity contribution in [2.45, 2.75) is 31.3 Å². The van der Waals surface area contributed by atoms with Gasteiger partial charge in [0.15, 0.2) is 0 Å². The van der Waals surface area contributed by atoms with E-state index in [0.717, 1.165) is 11.1 Å². The van der Waals surface area contributed by atoms with Gasteiger partial charge in [-0.3, -0.25) is 0 Å². The van der Waals surface area contributed by atoms with Gasteiger partial charge in [0, 0.05) is 5.41 Å². The maximum absolute atomic E-state index is 10.3. The van der Waals surface area contributed by atoms with Gasteiger partial charge in [-0.1, -0.05) is 66.8 Å². The quantitative estimate of drug-likeness (QED) is 0.651. The molecule has 0 fully saturated rings. The fraction of sp³-hybridized carbons (Fsp3) is 0.200. The molecule has 0 amide bonds. The number of aromatic hydroxyl groups is 1. The third-order valence-electron chi connectivity index (χ3n) is 5.71. The number of phenols is 1. The number of hydrogen-bond donors (Lipinski definition) is 2. The number of phenolic OH excluding ortho intramolecular Hbond substituents is 1. The maximum Gasteiger partial charge on any atom is 0.115 e. The van der Waals surface area contributed by atoms with E-state index in [1.165, 1.54) is 16.3 Å². The number of hydrogen-bond acceptors (Lipinski definition) is 2. The van der Waals surface area contributed by atoms with Crippen LogP contribution in [0.25, 0.3) is 10.8 Å². The number of benzene rings is 3. The molecule has 0 saturated carbocycles. The maximum atomic E-state index is 10.3. The lowest BCUT2D eigenvalue weighted by molar-refractivity contribution is 0.113. The van der Waals surface area contributed by atoms with Crippen LogP contribution in [0.15, 0.2) is 90.5 Å². The van der Waals surface area contributed by atoms with E-state index in [2.05, 4.69) is 55.5 Å². The average Bonchev–Trinajstić information content (AvgIpc) is 2.67. The summed E-state index contributed by atoms with van der Waals surface area (Å²) in [6.45, 7) is 4.03. The van der Waals surface area contributed by atoms with E-state index < -0.39 is 5.60 Å². The lowest BCUT2D eigenvalue weighted by atomic mass is 9.68. The Kier molecular flexibility index (Phi) is 4.16. The minimum absolute atomic E-state index is 0.260. The molecule has 2 nitrogen and oxygen atoms in total. The highest BCUT2D eigenvalue weighted by Crippen LogP contribution is 2.43. The molecule has 0 saturated heterocycles. The topological polar surface area (TPSA) is 40.5 Å². The summed E-state index contributed by atoms with van der Waals surface area (Å²) in [6, 6.07) is 22.4. The Morgan fingerprint density at radius 2 is 1.56 bits per heavy atom. The van der Waals surface area contributed by atoms with Gasteiger partial charge in [0.25, 0.3) is 0 Å². The number of fused-ring (bicyclic) bond motifs is 1. The summed E-state index contributed by atoms with van der Waals surface area (Å²) in [7, 11) is 0. The molecule has 2 atom stereocenters. The van der Waals surface area contributed by atoms with Crippen LogP contribution in [0, 0.1) is 0 Å². The minimum Gasteiger partial charge on any atom is -0.508 e. The Bertz CT molecular complexity index is 1040. The minimum atomic E-state index is -0.803. The summed E-state index contributed by atoms with van der Waals surface area (Å²) < 4.78 is 0. The first kappa shape index (κ1) is 17.6. The van der Waals surface area contributed by atoms with E-state index in [4.69, 9.17) is 0 Å². The molecule has 0 heterocycles. The Balaban J connectivity index is 1.91. The van der Waals surface area contributed by atoms with E-state index in [-0.39, 0.29) is 11.2 Å². The van der Waals surface area contributed by atoms with Crippen molar-refractivity contribution in [1.82, 2.24) is 0 Å². The van der Waals surface area contributed by atoms with Crippen molar-refractivity contribution in [3.05, 3.63) is 102 Å². The van der Waals surface area contributed by atoms with Gasteiger partial charge in [-0.15, -0.1) is 0 Å². The molecule has 1 aliphatic rings. The zero-order valence-corrected chi connectivity index (χ0v) is 15.7. The molecule has 0 aromatic heterocycles. The average molecular weight is 356 g/mol. The zero-order chi connectivity index (χ0) is 19.1. The molecule has 0 bridgehead atoms. The smallest absolute Gasteiger partial charge is 0.115 e. The summed E-state index contributed by atoms with van der Waals surface area (Å²) in [5.41, 5.74) is 2.25. The molecule has 0 radical (unpaired) electrons. The van der Waals surface area contributed by atoms with Crippen molar-refractivity contribution in [1.29, 1.82) is 0 Å². The summed E-state index contributed by atoms with van der Waals surface area (Å²) in [5.74, 6) is 0.260. The summed E-state index contributed by atoms with van der Waals surface area (Å²) in [5, 5.41) is 22.5. The predicted octanol–water partition coefficient (Wildman–Crippen LogP) is 5.49. The van der Waals surface area contributed by atoms with Crippen molar-refractivity contribution in [2.24, 2.45) is 0 Å². The molecule has 3 aromatic rings. The van der Waals surface area contributed by atoms with Crippen molar-refractivity contribution in [3.63, 3.8) is 0 Å². The van der Waals surface area contributed by atoms with Crippen LogP contribution in [0.1, 0.15) is 31.4 Å². The highest BCUT2D eigenvalue weighted by Gasteiger charge is 2.34. The SMILES string of the molecule is CC1(O)C=CC(C(C)(c2ccc(O)cc2)c2ccc3ccccc3c2)=CC1. The molecule has 3 aromatic carbocycles. The standard InChI is InChI=1S/C25H24O2/c1-24(27)15-13-21(14-16-24)25(2,20-9-11-23(26)12-10-20)22-8-7-18-5-3-4-6-19(18)17-22/h3-15,17,26-27H,16H2,1-2H3. The second-order valence-electron chi connectivity index (χ2n) is 7.79. The third kappa shape index (κ3) is 3.17. The van der Waals surface area contributed by atoms with Crippen molar-refractivity contribution < 1.29 is 10.2 Å². The molecule has 2 unspecified atom stereocenters. The highest BCUT2D eigenvalue weighted by molar-refractivity contribution is 5.83. The number of rotatable bonds is 3. The van der Waals surface area contributed by atoms with Gasteiger partial charge in [-0.05, 0) is 65.9 Å². The molecular weight excluding hydrogens is 332 g/mol. The molecule has 0 spiro atoms. The Morgan fingerprint density at radius 1 is 0.889 bits per heavy atom. The molecule has 27 heavy (non-hydrogen) atoms. The molecule has 1 aliphatic carbocycles. The van der Waals surface area contributed by atoms with Crippen LogP contribution in [0.3, 0.4) is 0 Å². The van der Waals surface area contributed by atoms with Crippen LogP contribution in [-0.4, -0.2) is 15.8 Å². The fourth-order valence-corrected chi connectivity index (χ4v) is 3.89.